The molecule has 2 aliphatic heterocycles. The van der Waals surface area contributed by atoms with Gasteiger partial charge in [0.05, 0.1) is 35.4 Å². The molecule has 11 heteroatoms. The molecule has 0 bridgehead atoms. The van der Waals surface area contributed by atoms with Crippen LogP contribution in [0.4, 0.5) is 10.6 Å². The van der Waals surface area contributed by atoms with Crippen LogP contribution < -0.4 is 4.90 Å². The average Bonchev–Trinajstić information content (AvgIpc) is 3.46. The maximum Gasteiger partial charge on any atom is 0.409 e. The number of amides is 2. The number of piperazine rings is 1. The minimum Gasteiger partial charge on any atom is -0.453 e. The second-order valence-electron chi connectivity index (χ2n) is 12.3. The van der Waals surface area contributed by atoms with Crippen molar-refractivity contribution in [2.45, 2.75) is 52.1 Å². The van der Waals surface area contributed by atoms with Crippen LogP contribution >= 0.6 is 11.6 Å². The Balaban J connectivity index is 1.42. The van der Waals surface area contributed by atoms with Gasteiger partial charge in [0.1, 0.15) is 0 Å². The monoisotopic (exact) mass is 565 g/mol. The van der Waals surface area contributed by atoms with Crippen LogP contribution in [0.1, 0.15) is 44.0 Å². The summed E-state index contributed by atoms with van der Waals surface area (Å²) in [5, 5.41) is 14.4. The standard InChI is InChI=1S/C29H36ClN7O3/c1-7-22(38)35-15-29(16-35)11-19(12-29)37-18(3)23(24-20-13-31-32-21(20)10-17(2)25(24)30)26(33-37)36-9-8-34(27(39)40-6)14-28(36,4)5/h7,10,13,19H,1,8-9,11-12,14-16H2,2-6H3,(H,31,32). The van der Waals surface area contributed by atoms with Gasteiger partial charge in [0, 0.05) is 60.3 Å². The Kier molecular flexibility index (Phi) is 6.18. The number of hydrogen-bond donors (Lipinski definition) is 1. The SMILES string of the molecule is C=CC(=O)N1CC2(CC(n3nc(N4CCN(C(=O)OC)CC4(C)C)c(-c4c(Cl)c(C)cc5[nH]ncc45)c3C)C2)C1. The zero-order chi connectivity index (χ0) is 28.6. The number of hydrogen-bond acceptors (Lipinski definition) is 6. The summed E-state index contributed by atoms with van der Waals surface area (Å²) in [5.74, 6) is 0.862. The molecular formula is C29H36ClN7O3. The topological polar surface area (TPSA) is 99.6 Å². The van der Waals surface area contributed by atoms with Crippen molar-refractivity contribution in [3.05, 3.63) is 41.2 Å². The first-order valence-electron chi connectivity index (χ1n) is 13.7. The first-order chi connectivity index (χ1) is 19.0. The molecule has 2 aromatic heterocycles. The summed E-state index contributed by atoms with van der Waals surface area (Å²) in [7, 11) is 1.42. The van der Waals surface area contributed by atoms with Crippen molar-refractivity contribution in [2.75, 3.05) is 44.7 Å². The minimum absolute atomic E-state index is 0.000430. The van der Waals surface area contributed by atoms with E-state index >= 15 is 0 Å². The molecule has 4 heterocycles. The highest BCUT2D eigenvalue weighted by atomic mass is 35.5. The summed E-state index contributed by atoms with van der Waals surface area (Å²) in [6.07, 6.45) is 4.84. The summed E-state index contributed by atoms with van der Waals surface area (Å²) in [4.78, 5) is 30.3. The molecule has 1 spiro atoms. The molecule has 3 fully saturated rings. The van der Waals surface area contributed by atoms with Crippen LogP contribution in [0, 0.1) is 19.3 Å². The highest BCUT2D eigenvalue weighted by Crippen LogP contribution is 2.55. The molecule has 1 aromatic carbocycles. The molecule has 1 aliphatic carbocycles. The van der Waals surface area contributed by atoms with Crippen molar-refractivity contribution < 1.29 is 14.3 Å². The van der Waals surface area contributed by atoms with Crippen molar-refractivity contribution in [3.63, 3.8) is 0 Å². The molecule has 10 nitrogen and oxygen atoms in total. The lowest BCUT2D eigenvalue weighted by Gasteiger charge is -2.58. The number of halogens is 1. The van der Waals surface area contributed by atoms with Crippen LogP contribution in [-0.4, -0.2) is 87.2 Å². The number of H-pyrrole nitrogens is 1. The zero-order valence-electron chi connectivity index (χ0n) is 23.8. The minimum atomic E-state index is -0.404. The number of benzene rings is 1. The van der Waals surface area contributed by atoms with Gasteiger partial charge in [-0.25, -0.2) is 4.79 Å². The van der Waals surface area contributed by atoms with Crippen molar-refractivity contribution >= 4 is 40.3 Å². The van der Waals surface area contributed by atoms with Crippen molar-refractivity contribution in [1.29, 1.82) is 0 Å². The lowest BCUT2D eigenvalue weighted by Crippen LogP contribution is -2.63. The summed E-state index contributed by atoms with van der Waals surface area (Å²) >= 11 is 7.06. The number of methoxy groups -OCH3 is 1. The zero-order valence-corrected chi connectivity index (χ0v) is 24.5. The Morgan fingerprint density at radius 1 is 1.15 bits per heavy atom. The summed E-state index contributed by atoms with van der Waals surface area (Å²) in [6, 6.07) is 2.26. The van der Waals surface area contributed by atoms with E-state index in [1.54, 1.807) is 4.90 Å². The number of anilines is 1. The number of aromatic amines is 1. The third-order valence-corrected chi connectivity index (χ3v) is 9.55. The van der Waals surface area contributed by atoms with Gasteiger partial charge in [0.15, 0.2) is 5.82 Å². The number of nitrogens with one attached hydrogen (secondary N) is 1. The molecule has 0 unspecified atom stereocenters. The molecular weight excluding hydrogens is 530 g/mol. The fourth-order valence-electron chi connectivity index (χ4n) is 7.04. The largest absolute Gasteiger partial charge is 0.453 e. The van der Waals surface area contributed by atoms with E-state index in [0.717, 1.165) is 65.0 Å². The molecule has 2 amide bonds. The number of aryl methyl sites for hydroxylation is 1. The molecule has 3 aliphatic rings. The lowest BCUT2D eigenvalue weighted by molar-refractivity contribution is -0.149. The number of likely N-dealkylation sites (tertiary alicyclic amines) is 1. The van der Waals surface area contributed by atoms with Crippen molar-refractivity contribution in [3.8, 4) is 11.1 Å². The normalized spacial score (nSPS) is 20.0. The molecule has 3 aromatic rings. The van der Waals surface area contributed by atoms with Crippen LogP contribution in [0.5, 0.6) is 0 Å². The molecule has 0 atom stereocenters. The van der Waals surface area contributed by atoms with Gasteiger partial charge in [-0.1, -0.05) is 18.2 Å². The Labute approximate surface area is 238 Å². The van der Waals surface area contributed by atoms with Gasteiger partial charge in [0.2, 0.25) is 5.91 Å². The van der Waals surface area contributed by atoms with E-state index in [0.29, 0.717) is 24.7 Å². The summed E-state index contributed by atoms with van der Waals surface area (Å²) in [6.45, 7) is 15.2. The number of rotatable bonds is 4. The Hall–Kier alpha value is -3.53. The van der Waals surface area contributed by atoms with E-state index in [1.165, 1.54) is 13.2 Å². The third-order valence-electron chi connectivity index (χ3n) is 9.06. The number of carbonyl (C=O) groups is 2. The van der Waals surface area contributed by atoms with Crippen molar-refractivity contribution in [1.82, 2.24) is 29.8 Å². The number of ether oxygens (including phenoxy) is 1. The number of nitrogens with zero attached hydrogens (tertiary/aromatic N) is 6. The summed E-state index contributed by atoms with van der Waals surface area (Å²) in [5.41, 5.74) is 4.62. The lowest BCUT2D eigenvalue weighted by atomic mass is 9.60. The van der Waals surface area contributed by atoms with E-state index in [4.69, 9.17) is 21.4 Å². The predicted molar refractivity (Wildman–Crippen MR) is 155 cm³/mol. The molecule has 1 saturated carbocycles. The first-order valence-corrected chi connectivity index (χ1v) is 14.1. The first kappa shape index (κ1) is 26.7. The number of carbonyl (C=O) groups excluding carboxylic acids is 2. The van der Waals surface area contributed by atoms with Gasteiger partial charge in [-0.15, -0.1) is 0 Å². The summed E-state index contributed by atoms with van der Waals surface area (Å²) < 4.78 is 7.19. The van der Waals surface area contributed by atoms with E-state index < -0.39 is 5.54 Å². The van der Waals surface area contributed by atoms with Crippen LogP contribution in [0.3, 0.4) is 0 Å². The predicted octanol–water partition coefficient (Wildman–Crippen LogP) is 4.71. The molecule has 40 heavy (non-hydrogen) atoms. The van der Waals surface area contributed by atoms with E-state index in [-0.39, 0.29) is 23.5 Å². The maximum atomic E-state index is 12.4. The fraction of sp³-hybridized carbons (Fsp3) is 0.517. The molecule has 212 valence electrons. The Morgan fingerprint density at radius 2 is 1.88 bits per heavy atom. The maximum absolute atomic E-state index is 12.4. The van der Waals surface area contributed by atoms with E-state index in [1.807, 2.05) is 24.1 Å². The molecule has 2 saturated heterocycles. The highest BCUT2D eigenvalue weighted by Gasteiger charge is 2.54. The fourth-order valence-corrected chi connectivity index (χ4v) is 7.29. The van der Waals surface area contributed by atoms with E-state index in [9.17, 15) is 9.59 Å². The second kappa shape index (κ2) is 9.26. The van der Waals surface area contributed by atoms with Gasteiger partial charge >= 0.3 is 6.09 Å². The van der Waals surface area contributed by atoms with Gasteiger partial charge in [-0.05, 0) is 58.2 Å². The van der Waals surface area contributed by atoms with Crippen LogP contribution in [0.15, 0.2) is 24.9 Å². The molecule has 0 radical (unpaired) electrons. The third kappa shape index (κ3) is 3.98. The van der Waals surface area contributed by atoms with Gasteiger partial charge in [-0.2, -0.15) is 10.2 Å². The quantitative estimate of drug-likeness (QED) is 0.460. The smallest absolute Gasteiger partial charge is 0.409 e. The van der Waals surface area contributed by atoms with E-state index in [2.05, 4.69) is 47.1 Å². The van der Waals surface area contributed by atoms with Crippen LogP contribution in [0.2, 0.25) is 5.02 Å². The van der Waals surface area contributed by atoms with Gasteiger partial charge < -0.3 is 19.4 Å². The molecule has 6 rings (SSSR count). The average molecular weight is 566 g/mol. The Morgan fingerprint density at radius 3 is 2.52 bits per heavy atom. The number of fused-ring (bicyclic) bond motifs is 1. The molecule has 1 N–H and O–H groups in total. The van der Waals surface area contributed by atoms with Gasteiger partial charge in [-0.3, -0.25) is 14.6 Å². The van der Waals surface area contributed by atoms with Crippen LogP contribution in [0.25, 0.3) is 22.0 Å². The second-order valence-corrected chi connectivity index (χ2v) is 12.6. The van der Waals surface area contributed by atoms with Gasteiger partial charge in [0.25, 0.3) is 0 Å². The highest BCUT2D eigenvalue weighted by molar-refractivity contribution is 6.36. The van der Waals surface area contributed by atoms with Crippen LogP contribution in [-0.2, 0) is 9.53 Å². The van der Waals surface area contributed by atoms with Crippen molar-refractivity contribution in [2.24, 2.45) is 5.41 Å². The number of aromatic nitrogens is 4. The Bertz CT molecular complexity index is 1530.